The van der Waals surface area contributed by atoms with Gasteiger partial charge in [0.25, 0.3) is 11.6 Å². The number of nitrogens with zero attached hydrogens (tertiary/aromatic N) is 4. The predicted octanol–water partition coefficient (Wildman–Crippen LogP) is 4.23. The van der Waals surface area contributed by atoms with Crippen molar-refractivity contribution in [1.29, 1.82) is 0 Å². The lowest BCUT2D eigenvalue weighted by atomic mass is 10.1. The third-order valence-electron chi connectivity index (χ3n) is 5.12. The summed E-state index contributed by atoms with van der Waals surface area (Å²) in [5.41, 5.74) is 3.43. The molecule has 0 atom stereocenters. The summed E-state index contributed by atoms with van der Waals surface area (Å²) in [6.45, 7) is 2.15. The van der Waals surface area contributed by atoms with Crippen molar-refractivity contribution < 1.29 is 14.5 Å². The highest BCUT2D eigenvalue weighted by atomic mass is 32.1. The van der Waals surface area contributed by atoms with E-state index >= 15 is 0 Å². The molecule has 4 rings (SSSR count). The smallest absolute Gasteiger partial charge is 0.277 e. The van der Waals surface area contributed by atoms with Gasteiger partial charge < -0.3 is 5.32 Å². The fraction of sp³-hybridized carbons (Fsp3) is 0.167. The maximum atomic E-state index is 12.6. The molecule has 0 aliphatic carbocycles. The van der Waals surface area contributed by atoms with Crippen molar-refractivity contribution in [2.45, 2.75) is 19.8 Å². The number of carbonyl (C=O) groups excluding carboxylic acids is 2. The van der Waals surface area contributed by atoms with E-state index in [4.69, 9.17) is 0 Å². The van der Waals surface area contributed by atoms with Crippen molar-refractivity contribution >= 4 is 34.0 Å². The number of anilines is 1. The molecule has 11 heteroatoms. The Morgan fingerprint density at radius 2 is 1.94 bits per heavy atom. The second kappa shape index (κ2) is 10.7. The predicted molar refractivity (Wildman–Crippen MR) is 133 cm³/mol. The second-order valence-electron chi connectivity index (χ2n) is 7.70. The minimum Gasteiger partial charge on any atom is -0.356 e. The number of carbonyl (C=O) groups is 2. The first kappa shape index (κ1) is 23.8. The standard InChI is InChI=1S/C24H22N6O4S/c1-16(31)25-12-3-4-17-7-9-18(10-8-17)22-15-35-24(26-22)27-23(32)21-11-13-29(28-21)19-5-2-6-20(14-19)30(33)34/h2,5-11,13-15H,3-4,12H2,1H3,(H,25,31)(H,26,27,32). The van der Waals surface area contributed by atoms with Crippen LogP contribution in [0.5, 0.6) is 0 Å². The van der Waals surface area contributed by atoms with Crippen molar-refractivity contribution in [2.75, 3.05) is 11.9 Å². The average molecular weight is 491 g/mol. The van der Waals surface area contributed by atoms with E-state index in [0.29, 0.717) is 17.4 Å². The number of rotatable bonds is 9. The van der Waals surface area contributed by atoms with Gasteiger partial charge in [-0.25, -0.2) is 9.67 Å². The number of aromatic nitrogens is 3. The number of aryl methyl sites for hydroxylation is 1. The van der Waals surface area contributed by atoms with E-state index in [0.717, 1.165) is 24.1 Å². The Labute approximate surface area is 204 Å². The van der Waals surface area contributed by atoms with Gasteiger partial charge in [0.2, 0.25) is 5.91 Å². The van der Waals surface area contributed by atoms with Crippen LogP contribution in [0.25, 0.3) is 16.9 Å². The highest BCUT2D eigenvalue weighted by Gasteiger charge is 2.14. The van der Waals surface area contributed by atoms with Crippen LogP contribution < -0.4 is 10.6 Å². The quantitative estimate of drug-likeness (QED) is 0.205. The van der Waals surface area contributed by atoms with Crippen LogP contribution >= 0.6 is 11.3 Å². The van der Waals surface area contributed by atoms with Crippen LogP contribution in [0.15, 0.2) is 66.2 Å². The lowest BCUT2D eigenvalue weighted by molar-refractivity contribution is -0.384. The highest BCUT2D eigenvalue weighted by Crippen LogP contribution is 2.26. The summed E-state index contributed by atoms with van der Waals surface area (Å²) < 4.78 is 1.41. The number of nitrogens with one attached hydrogen (secondary N) is 2. The minimum absolute atomic E-state index is 0.0254. The number of non-ortho nitro benzene ring substituents is 1. The first-order valence-corrected chi connectivity index (χ1v) is 11.7. The first-order chi connectivity index (χ1) is 16.9. The SMILES string of the molecule is CC(=O)NCCCc1ccc(-c2csc(NC(=O)c3ccn(-c4cccc([N+](=O)[O-])c4)n3)n2)cc1. The molecule has 2 aromatic carbocycles. The summed E-state index contributed by atoms with van der Waals surface area (Å²) in [4.78, 5) is 38.6. The highest BCUT2D eigenvalue weighted by molar-refractivity contribution is 7.14. The summed E-state index contributed by atoms with van der Waals surface area (Å²) in [5.74, 6) is -0.452. The zero-order chi connectivity index (χ0) is 24.8. The molecule has 10 nitrogen and oxygen atoms in total. The number of nitro groups is 1. The minimum atomic E-state index is -0.484. The molecule has 0 bridgehead atoms. The summed E-state index contributed by atoms with van der Waals surface area (Å²) in [6.07, 6.45) is 3.30. The normalized spacial score (nSPS) is 10.7. The van der Waals surface area contributed by atoms with E-state index in [-0.39, 0.29) is 17.3 Å². The van der Waals surface area contributed by atoms with E-state index < -0.39 is 10.8 Å². The molecule has 0 aliphatic heterocycles. The Kier molecular flexibility index (Phi) is 7.27. The first-order valence-electron chi connectivity index (χ1n) is 10.8. The molecule has 0 saturated heterocycles. The largest absolute Gasteiger partial charge is 0.356 e. The molecule has 0 saturated carbocycles. The van der Waals surface area contributed by atoms with Gasteiger partial charge in [0.05, 0.1) is 16.3 Å². The number of amides is 2. The molecule has 4 aromatic rings. The zero-order valence-corrected chi connectivity index (χ0v) is 19.6. The van der Waals surface area contributed by atoms with E-state index in [2.05, 4.69) is 20.7 Å². The Balaban J connectivity index is 1.37. The van der Waals surface area contributed by atoms with Crippen LogP contribution in [0.3, 0.4) is 0 Å². The maximum Gasteiger partial charge on any atom is 0.277 e. The van der Waals surface area contributed by atoms with Crippen molar-refractivity contribution in [3.8, 4) is 16.9 Å². The van der Waals surface area contributed by atoms with Crippen LogP contribution in [0.1, 0.15) is 29.4 Å². The monoisotopic (exact) mass is 490 g/mol. The van der Waals surface area contributed by atoms with E-state index in [1.807, 2.05) is 29.6 Å². The molecule has 35 heavy (non-hydrogen) atoms. The Hall–Kier alpha value is -4.38. The van der Waals surface area contributed by atoms with E-state index in [9.17, 15) is 19.7 Å². The van der Waals surface area contributed by atoms with Crippen molar-refractivity contribution in [2.24, 2.45) is 0 Å². The lowest BCUT2D eigenvalue weighted by Crippen LogP contribution is -2.21. The molecule has 0 spiro atoms. The number of benzene rings is 2. The molecule has 0 unspecified atom stereocenters. The van der Waals surface area contributed by atoms with E-state index in [1.165, 1.54) is 46.7 Å². The van der Waals surface area contributed by atoms with Gasteiger partial charge in [-0.1, -0.05) is 30.3 Å². The number of hydrogen-bond donors (Lipinski definition) is 2. The number of thiazole rings is 1. The second-order valence-corrected chi connectivity index (χ2v) is 8.56. The van der Waals surface area contributed by atoms with Gasteiger partial charge >= 0.3 is 0 Å². The lowest BCUT2D eigenvalue weighted by Gasteiger charge is -2.04. The van der Waals surface area contributed by atoms with Crippen molar-refractivity contribution in [1.82, 2.24) is 20.1 Å². The summed E-state index contributed by atoms with van der Waals surface area (Å²) in [5, 5.41) is 23.1. The van der Waals surface area contributed by atoms with Gasteiger partial charge in [-0.15, -0.1) is 11.3 Å². The van der Waals surface area contributed by atoms with Crippen LogP contribution in [-0.4, -0.2) is 38.0 Å². The molecule has 2 N–H and O–H groups in total. The van der Waals surface area contributed by atoms with Crippen LogP contribution in [-0.2, 0) is 11.2 Å². The molecule has 2 heterocycles. The van der Waals surface area contributed by atoms with Gasteiger partial charge in [-0.3, -0.25) is 25.0 Å². The van der Waals surface area contributed by atoms with Gasteiger partial charge in [-0.2, -0.15) is 5.10 Å². The maximum absolute atomic E-state index is 12.6. The Bertz CT molecular complexity index is 1360. The summed E-state index contributed by atoms with van der Waals surface area (Å²) >= 11 is 1.31. The molecule has 0 radical (unpaired) electrons. The average Bonchev–Trinajstić information content (AvgIpc) is 3.52. The fourth-order valence-corrected chi connectivity index (χ4v) is 4.08. The van der Waals surface area contributed by atoms with Crippen LogP contribution in [0.4, 0.5) is 10.8 Å². The van der Waals surface area contributed by atoms with Gasteiger partial charge in [0.15, 0.2) is 10.8 Å². The van der Waals surface area contributed by atoms with E-state index in [1.54, 1.807) is 18.3 Å². The third-order valence-corrected chi connectivity index (χ3v) is 5.88. The van der Waals surface area contributed by atoms with Gasteiger partial charge in [0, 0.05) is 42.7 Å². The Morgan fingerprint density at radius 3 is 2.69 bits per heavy atom. The Morgan fingerprint density at radius 1 is 1.14 bits per heavy atom. The van der Waals surface area contributed by atoms with Crippen molar-refractivity contribution in [3.63, 3.8) is 0 Å². The molecular formula is C24H22N6O4S. The molecule has 2 aromatic heterocycles. The van der Waals surface area contributed by atoms with Crippen LogP contribution in [0, 0.1) is 10.1 Å². The zero-order valence-electron chi connectivity index (χ0n) is 18.8. The molecule has 178 valence electrons. The topological polar surface area (TPSA) is 132 Å². The van der Waals surface area contributed by atoms with Gasteiger partial charge in [0.1, 0.15) is 0 Å². The third kappa shape index (κ3) is 6.15. The summed E-state index contributed by atoms with van der Waals surface area (Å²) in [6, 6.07) is 15.6. The van der Waals surface area contributed by atoms with Gasteiger partial charge in [-0.05, 0) is 30.5 Å². The molecular weight excluding hydrogens is 468 g/mol. The molecule has 2 amide bonds. The molecule has 0 fully saturated rings. The van der Waals surface area contributed by atoms with Crippen molar-refractivity contribution in [3.05, 3.63) is 87.5 Å². The van der Waals surface area contributed by atoms with Crippen LogP contribution in [0.2, 0.25) is 0 Å². The number of hydrogen-bond acceptors (Lipinski definition) is 7. The fourth-order valence-electron chi connectivity index (χ4n) is 3.36. The summed E-state index contributed by atoms with van der Waals surface area (Å²) in [7, 11) is 0. The molecule has 0 aliphatic rings. The number of nitro benzene ring substituents is 1.